The maximum absolute atomic E-state index is 14.0. The van der Waals surface area contributed by atoms with Crippen LogP contribution in [0.3, 0.4) is 0 Å². The molecule has 40 heavy (non-hydrogen) atoms. The molecule has 1 fully saturated rings. The molecule has 0 radical (unpaired) electrons. The van der Waals surface area contributed by atoms with Crippen molar-refractivity contribution in [3.63, 3.8) is 0 Å². The second-order valence-electron chi connectivity index (χ2n) is 9.92. The molecule has 0 aromatic heterocycles. The molecule has 2 amide bonds. The third-order valence-corrected chi connectivity index (χ3v) is 9.71. The van der Waals surface area contributed by atoms with E-state index in [1.54, 1.807) is 37.3 Å². The molecule has 3 aromatic rings. The standard InChI is InChI=1S/C30H33Cl2N3O4S/c1-22(30(37)33-24-14-7-3-8-15-24)34(20-23-12-5-2-6-13-23)28(36)21-35(27-19-11-18-26(31)29(27)32)40(38,39)25-16-9-4-10-17-25/h2,4-6,9-13,16-19,22,24H,3,7-8,14-15,20-21H2,1H3,(H,33,37). The van der Waals surface area contributed by atoms with Crippen LogP contribution in [0, 0.1) is 0 Å². The van der Waals surface area contributed by atoms with Gasteiger partial charge in [0.25, 0.3) is 10.0 Å². The van der Waals surface area contributed by atoms with Gasteiger partial charge in [0.1, 0.15) is 12.6 Å². The highest BCUT2D eigenvalue weighted by Crippen LogP contribution is 2.35. The number of benzene rings is 3. The lowest BCUT2D eigenvalue weighted by molar-refractivity contribution is -0.139. The normalized spacial score (nSPS) is 14.8. The van der Waals surface area contributed by atoms with Crippen LogP contribution in [-0.2, 0) is 26.2 Å². The van der Waals surface area contributed by atoms with E-state index >= 15 is 0 Å². The predicted molar refractivity (Wildman–Crippen MR) is 159 cm³/mol. The minimum atomic E-state index is -4.22. The Hall–Kier alpha value is -3.07. The number of nitrogens with zero attached hydrogens (tertiary/aromatic N) is 2. The second kappa shape index (κ2) is 13.5. The highest BCUT2D eigenvalue weighted by atomic mass is 35.5. The van der Waals surface area contributed by atoms with Gasteiger partial charge in [-0.1, -0.05) is 97.1 Å². The maximum atomic E-state index is 14.0. The molecule has 1 N–H and O–H groups in total. The molecule has 3 aromatic carbocycles. The number of carbonyl (C=O) groups excluding carboxylic acids is 2. The molecule has 0 saturated heterocycles. The van der Waals surface area contributed by atoms with Gasteiger partial charge in [-0.2, -0.15) is 0 Å². The van der Waals surface area contributed by atoms with Crippen LogP contribution in [0.1, 0.15) is 44.6 Å². The van der Waals surface area contributed by atoms with Crippen LogP contribution >= 0.6 is 23.2 Å². The Morgan fingerprint density at radius 3 is 2.17 bits per heavy atom. The van der Waals surface area contributed by atoms with Crippen molar-refractivity contribution < 1.29 is 18.0 Å². The summed E-state index contributed by atoms with van der Waals surface area (Å²) in [7, 11) is -4.22. The summed E-state index contributed by atoms with van der Waals surface area (Å²) in [6.07, 6.45) is 5.07. The lowest BCUT2D eigenvalue weighted by Gasteiger charge is -2.33. The predicted octanol–water partition coefficient (Wildman–Crippen LogP) is 6.05. The zero-order valence-electron chi connectivity index (χ0n) is 22.3. The average Bonchev–Trinajstić information content (AvgIpc) is 2.97. The van der Waals surface area contributed by atoms with Crippen LogP contribution in [-0.4, -0.2) is 43.8 Å². The number of carbonyl (C=O) groups is 2. The number of amides is 2. The van der Waals surface area contributed by atoms with Gasteiger partial charge in [-0.05, 0) is 49.6 Å². The molecule has 1 saturated carbocycles. The van der Waals surface area contributed by atoms with Crippen molar-refractivity contribution in [2.24, 2.45) is 0 Å². The summed E-state index contributed by atoms with van der Waals surface area (Å²) in [5, 5.41) is 3.26. The van der Waals surface area contributed by atoms with Crippen molar-refractivity contribution in [1.29, 1.82) is 0 Å². The number of rotatable bonds is 10. The summed E-state index contributed by atoms with van der Waals surface area (Å²) < 4.78 is 28.7. The van der Waals surface area contributed by atoms with Crippen molar-refractivity contribution in [3.8, 4) is 0 Å². The van der Waals surface area contributed by atoms with Crippen LogP contribution in [0.5, 0.6) is 0 Å². The van der Waals surface area contributed by atoms with E-state index < -0.39 is 28.5 Å². The molecule has 0 spiro atoms. The number of nitrogens with one attached hydrogen (secondary N) is 1. The van der Waals surface area contributed by atoms with Crippen LogP contribution in [0.15, 0.2) is 83.8 Å². The van der Waals surface area contributed by atoms with E-state index in [0.717, 1.165) is 42.0 Å². The highest BCUT2D eigenvalue weighted by Gasteiger charge is 2.34. The summed E-state index contributed by atoms with van der Waals surface area (Å²) in [4.78, 5) is 28.8. The van der Waals surface area contributed by atoms with Gasteiger partial charge in [-0.3, -0.25) is 13.9 Å². The van der Waals surface area contributed by atoms with Gasteiger partial charge in [0.15, 0.2) is 0 Å². The van der Waals surface area contributed by atoms with Gasteiger partial charge in [-0.25, -0.2) is 8.42 Å². The van der Waals surface area contributed by atoms with Gasteiger partial charge in [0.05, 0.1) is 20.6 Å². The molecule has 7 nitrogen and oxygen atoms in total. The zero-order valence-corrected chi connectivity index (χ0v) is 24.6. The molecular weight excluding hydrogens is 569 g/mol. The molecule has 0 aliphatic heterocycles. The molecule has 4 rings (SSSR count). The molecule has 1 aliphatic carbocycles. The summed E-state index contributed by atoms with van der Waals surface area (Å²) in [6, 6.07) is 20.9. The summed E-state index contributed by atoms with van der Waals surface area (Å²) >= 11 is 12.7. The van der Waals surface area contributed by atoms with Gasteiger partial charge in [0, 0.05) is 12.6 Å². The van der Waals surface area contributed by atoms with Crippen LogP contribution in [0.2, 0.25) is 10.0 Å². The Labute approximate surface area is 246 Å². The van der Waals surface area contributed by atoms with Gasteiger partial charge >= 0.3 is 0 Å². The van der Waals surface area contributed by atoms with Crippen molar-refractivity contribution >= 4 is 50.7 Å². The molecule has 1 aliphatic rings. The van der Waals surface area contributed by atoms with Crippen LogP contribution in [0.25, 0.3) is 0 Å². The molecule has 1 unspecified atom stereocenters. The van der Waals surface area contributed by atoms with Crippen LogP contribution < -0.4 is 9.62 Å². The SMILES string of the molecule is CC(C(=O)NC1CCCCC1)N(Cc1ccccc1)C(=O)CN(c1cccc(Cl)c1Cl)S(=O)(=O)c1ccccc1. The first-order valence-corrected chi connectivity index (χ1v) is 15.5. The van der Waals surface area contributed by atoms with Crippen molar-refractivity contribution in [2.75, 3.05) is 10.8 Å². The second-order valence-corrected chi connectivity index (χ2v) is 12.6. The third kappa shape index (κ3) is 7.16. The van der Waals surface area contributed by atoms with Crippen molar-refractivity contribution in [3.05, 3.63) is 94.5 Å². The molecule has 0 bridgehead atoms. The smallest absolute Gasteiger partial charge is 0.264 e. The Morgan fingerprint density at radius 1 is 0.900 bits per heavy atom. The van der Waals surface area contributed by atoms with Gasteiger partial charge < -0.3 is 10.2 Å². The fourth-order valence-electron chi connectivity index (χ4n) is 4.85. The lowest BCUT2D eigenvalue weighted by Crippen LogP contribution is -2.53. The lowest BCUT2D eigenvalue weighted by atomic mass is 9.95. The summed E-state index contributed by atoms with van der Waals surface area (Å²) in [5.41, 5.74) is 0.886. The quantitative estimate of drug-likeness (QED) is 0.306. The van der Waals surface area contributed by atoms with Crippen LogP contribution in [0.4, 0.5) is 5.69 Å². The Kier molecular flexibility index (Phi) is 10.1. The van der Waals surface area contributed by atoms with Crippen molar-refractivity contribution in [2.45, 2.75) is 62.6 Å². The number of hydrogen-bond donors (Lipinski definition) is 1. The minimum Gasteiger partial charge on any atom is -0.352 e. The zero-order chi connectivity index (χ0) is 28.7. The Balaban J connectivity index is 1.68. The third-order valence-electron chi connectivity index (χ3n) is 7.12. The van der Waals surface area contributed by atoms with E-state index in [9.17, 15) is 18.0 Å². The van der Waals surface area contributed by atoms with E-state index in [0.29, 0.717) is 0 Å². The van der Waals surface area contributed by atoms with E-state index in [1.165, 1.54) is 23.1 Å². The highest BCUT2D eigenvalue weighted by molar-refractivity contribution is 7.92. The van der Waals surface area contributed by atoms with E-state index in [4.69, 9.17) is 23.2 Å². The molecular formula is C30H33Cl2N3O4S. The van der Waals surface area contributed by atoms with Crippen molar-refractivity contribution in [1.82, 2.24) is 10.2 Å². The molecule has 0 heterocycles. The first-order valence-electron chi connectivity index (χ1n) is 13.3. The monoisotopic (exact) mass is 601 g/mol. The fraction of sp³-hybridized carbons (Fsp3) is 0.333. The van der Waals surface area contributed by atoms with E-state index in [2.05, 4.69) is 5.32 Å². The number of anilines is 1. The van der Waals surface area contributed by atoms with E-state index in [1.807, 2.05) is 30.3 Å². The largest absolute Gasteiger partial charge is 0.352 e. The average molecular weight is 603 g/mol. The first kappa shape index (κ1) is 29.9. The maximum Gasteiger partial charge on any atom is 0.264 e. The molecule has 212 valence electrons. The topological polar surface area (TPSA) is 86.8 Å². The number of hydrogen-bond acceptors (Lipinski definition) is 4. The van der Waals surface area contributed by atoms with Gasteiger partial charge in [-0.15, -0.1) is 0 Å². The fourth-order valence-corrected chi connectivity index (χ4v) is 6.74. The number of halogens is 2. The van der Waals surface area contributed by atoms with E-state index in [-0.39, 0.29) is 39.1 Å². The molecule has 1 atom stereocenters. The Bertz CT molecular complexity index is 1420. The summed E-state index contributed by atoms with van der Waals surface area (Å²) in [6.45, 7) is 1.22. The Morgan fingerprint density at radius 2 is 1.52 bits per heavy atom. The summed E-state index contributed by atoms with van der Waals surface area (Å²) in [5.74, 6) is -0.819. The molecule has 10 heteroatoms. The first-order chi connectivity index (χ1) is 19.2. The van der Waals surface area contributed by atoms with Gasteiger partial charge in [0.2, 0.25) is 11.8 Å². The number of sulfonamides is 1. The minimum absolute atomic E-state index is 0.00320.